The number of hydrogen-bond acceptors (Lipinski definition) is 8. The molecule has 0 amide bonds. The van der Waals surface area contributed by atoms with Crippen LogP contribution in [0.25, 0.3) is 11.4 Å². The molecule has 0 unspecified atom stereocenters. The van der Waals surface area contributed by atoms with Crippen LogP contribution in [0.4, 0.5) is 0 Å². The lowest BCUT2D eigenvalue weighted by Gasteiger charge is -2.11. The van der Waals surface area contributed by atoms with E-state index in [0.717, 1.165) is 24.5 Å². The number of esters is 1. The Labute approximate surface area is 194 Å². The van der Waals surface area contributed by atoms with Gasteiger partial charge in [-0.3, -0.25) is 4.98 Å². The SMILES string of the molecule is O=C(OCCCc1nc(-c2cccnc2)no1)c1cc(S(=O)(=O)NC2CC2)c(Cl)cc1Cl. The standard InChI is InChI=1S/C20H18Cl2N4O5S/c21-15-10-16(22)17(32(28,29)26-13-5-6-13)9-14(15)20(27)30-8-2-4-18-24-19(25-31-18)12-3-1-7-23-11-12/h1,3,7,9-11,13,26H,2,4-6,8H2. The number of pyridine rings is 1. The number of carbonyl (C=O) groups excluding carboxylic acids is 1. The third-order valence-electron chi connectivity index (χ3n) is 4.59. The Morgan fingerprint density at radius 3 is 2.78 bits per heavy atom. The number of halogens is 2. The highest BCUT2D eigenvalue weighted by molar-refractivity contribution is 7.89. The van der Waals surface area contributed by atoms with Crippen LogP contribution < -0.4 is 4.72 Å². The predicted octanol–water partition coefficient (Wildman–Crippen LogP) is 3.67. The Morgan fingerprint density at radius 2 is 2.06 bits per heavy atom. The van der Waals surface area contributed by atoms with Crippen molar-refractivity contribution < 1.29 is 22.5 Å². The first-order valence-corrected chi connectivity index (χ1v) is 12.0. The highest BCUT2D eigenvalue weighted by atomic mass is 35.5. The number of nitrogens with zero attached hydrogens (tertiary/aromatic N) is 3. The smallest absolute Gasteiger partial charge is 0.339 e. The summed E-state index contributed by atoms with van der Waals surface area (Å²) >= 11 is 12.1. The number of hydrogen-bond donors (Lipinski definition) is 1. The number of ether oxygens (including phenoxy) is 1. The van der Waals surface area contributed by atoms with Crippen LogP contribution in [0.3, 0.4) is 0 Å². The molecule has 1 fully saturated rings. The molecule has 1 aliphatic rings. The summed E-state index contributed by atoms with van der Waals surface area (Å²) in [5.74, 6) is 0.0617. The predicted molar refractivity (Wildman–Crippen MR) is 116 cm³/mol. The molecule has 0 atom stereocenters. The molecule has 32 heavy (non-hydrogen) atoms. The van der Waals surface area contributed by atoms with Gasteiger partial charge < -0.3 is 9.26 Å². The van der Waals surface area contributed by atoms with Crippen LogP contribution in [0.15, 0.2) is 46.1 Å². The maximum absolute atomic E-state index is 12.5. The molecule has 2 aromatic heterocycles. The second-order valence-electron chi connectivity index (χ2n) is 7.15. The summed E-state index contributed by atoms with van der Waals surface area (Å²) < 4.78 is 37.9. The molecule has 0 spiro atoms. The largest absolute Gasteiger partial charge is 0.462 e. The van der Waals surface area contributed by atoms with E-state index in [-0.39, 0.29) is 33.2 Å². The van der Waals surface area contributed by atoms with Crippen LogP contribution in [-0.4, -0.2) is 42.2 Å². The third kappa shape index (κ3) is 5.44. The lowest BCUT2D eigenvalue weighted by Crippen LogP contribution is -2.26. The Bertz CT molecular complexity index is 1230. The molecule has 0 saturated heterocycles. The zero-order valence-corrected chi connectivity index (χ0v) is 19.0. The van der Waals surface area contributed by atoms with Crippen molar-refractivity contribution in [2.24, 2.45) is 0 Å². The summed E-state index contributed by atoms with van der Waals surface area (Å²) in [6.45, 7) is 0.0464. The third-order valence-corrected chi connectivity index (χ3v) is 6.88. The topological polar surface area (TPSA) is 124 Å². The highest BCUT2D eigenvalue weighted by Crippen LogP contribution is 2.31. The van der Waals surface area contributed by atoms with Gasteiger partial charge in [-0.25, -0.2) is 17.9 Å². The fourth-order valence-electron chi connectivity index (χ4n) is 2.81. The zero-order chi connectivity index (χ0) is 22.7. The fraction of sp³-hybridized carbons (Fsp3) is 0.300. The van der Waals surface area contributed by atoms with Gasteiger partial charge >= 0.3 is 5.97 Å². The molecule has 12 heteroatoms. The molecular formula is C20H18Cl2N4O5S. The molecule has 0 bridgehead atoms. The van der Waals surface area contributed by atoms with E-state index in [9.17, 15) is 13.2 Å². The minimum absolute atomic E-state index is 0.00313. The van der Waals surface area contributed by atoms with Crippen LogP contribution >= 0.6 is 23.2 Å². The van der Waals surface area contributed by atoms with Crippen LogP contribution in [-0.2, 0) is 21.2 Å². The first kappa shape index (κ1) is 22.7. The number of benzene rings is 1. The summed E-state index contributed by atoms with van der Waals surface area (Å²) in [5, 5.41) is 3.83. The number of sulfonamides is 1. The molecule has 1 aliphatic carbocycles. The van der Waals surface area contributed by atoms with Gasteiger partial charge in [0.15, 0.2) is 0 Å². The average Bonchev–Trinajstić information content (AvgIpc) is 3.43. The van der Waals surface area contributed by atoms with Gasteiger partial charge in [-0.15, -0.1) is 0 Å². The van der Waals surface area contributed by atoms with Crippen LogP contribution in [0.1, 0.15) is 35.5 Å². The van der Waals surface area contributed by atoms with Gasteiger partial charge in [-0.1, -0.05) is 28.4 Å². The fourth-order valence-corrected chi connectivity index (χ4v) is 4.97. The van der Waals surface area contributed by atoms with Crippen molar-refractivity contribution in [2.75, 3.05) is 6.61 Å². The van der Waals surface area contributed by atoms with Crippen molar-refractivity contribution in [1.29, 1.82) is 0 Å². The van der Waals surface area contributed by atoms with E-state index < -0.39 is 16.0 Å². The van der Waals surface area contributed by atoms with Crippen molar-refractivity contribution in [3.63, 3.8) is 0 Å². The first-order chi connectivity index (χ1) is 15.3. The lowest BCUT2D eigenvalue weighted by atomic mass is 10.2. The number of aromatic nitrogens is 3. The van der Waals surface area contributed by atoms with Crippen LogP contribution in [0.5, 0.6) is 0 Å². The Balaban J connectivity index is 1.35. The minimum atomic E-state index is -3.86. The Hall–Kier alpha value is -2.53. The summed E-state index contributed by atoms with van der Waals surface area (Å²) in [4.78, 5) is 20.5. The van der Waals surface area contributed by atoms with Crippen molar-refractivity contribution >= 4 is 39.2 Å². The van der Waals surface area contributed by atoms with Gasteiger partial charge in [0.2, 0.25) is 21.7 Å². The van der Waals surface area contributed by atoms with E-state index in [2.05, 4.69) is 19.8 Å². The van der Waals surface area contributed by atoms with E-state index in [0.29, 0.717) is 24.6 Å². The molecular weight excluding hydrogens is 479 g/mol. The second-order valence-corrected chi connectivity index (χ2v) is 9.65. The van der Waals surface area contributed by atoms with E-state index in [4.69, 9.17) is 32.5 Å². The summed E-state index contributed by atoms with van der Waals surface area (Å²) in [6.07, 6.45) is 5.61. The Kier molecular flexibility index (Phi) is 6.75. The van der Waals surface area contributed by atoms with E-state index in [1.54, 1.807) is 18.5 Å². The van der Waals surface area contributed by atoms with Crippen LogP contribution in [0.2, 0.25) is 10.0 Å². The number of carbonyl (C=O) groups is 1. The molecule has 0 aliphatic heterocycles. The molecule has 3 aromatic rings. The van der Waals surface area contributed by atoms with Crippen molar-refractivity contribution in [3.8, 4) is 11.4 Å². The normalized spacial score (nSPS) is 13.8. The second kappa shape index (κ2) is 9.53. The van der Waals surface area contributed by atoms with Crippen molar-refractivity contribution in [1.82, 2.24) is 19.8 Å². The molecule has 2 heterocycles. The van der Waals surface area contributed by atoms with Gasteiger partial charge in [-0.05, 0) is 43.5 Å². The molecule has 0 radical (unpaired) electrons. The van der Waals surface area contributed by atoms with Crippen LogP contribution in [0, 0.1) is 0 Å². The van der Waals surface area contributed by atoms with Crippen molar-refractivity contribution in [2.45, 2.75) is 36.6 Å². The molecule has 4 rings (SSSR count). The van der Waals surface area contributed by atoms with E-state index in [1.165, 1.54) is 6.07 Å². The number of aryl methyl sites for hydroxylation is 1. The Morgan fingerprint density at radius 1 is 1.25 bits per heavy atom. The molecule has 1 aromatic carbocycles. The minimum Gasteiger partial charge on any atom is -0.462 e. The molecule has 9 nitrogen and oxygen atoms in total. The first-order valence-electron chi connectivity index (χ1n) is 9.75. The summed E-state index contributed by atoms with van der Waals surface area (Å²) in [7, 11) is -3.86. The quantitative estimate of drug-likeness (QED) is 0.351. The van der Waals surface area contributed by atoms with E-state index >= 15 is 0 Å². The molecule has 1 saturated carbocycles. The van der Waals surface area contributed by atoms with Gasteiger partial charge in [0.25, 0.3) is 0 Å². The van der Waals surface area contributed by atoms with Crippen molar-refractivity contribution in [3.05, 3.63) is 58.2 Å². The average molecular weight is 497 g/mol. The zero-order valence-electron chi connectivity index (χ0n) is 16.6. The number of nitrogens with one attached hydrogen (secondary N) is 1. The lowest BCUT2D eigenvalue weighted by molar-refractivity contribution is 0.0498. The molecule has 168 valence electrons. The highest BCUT2D eigenvalue weighted by Gasteiger charge is 2.30. The van der Waals surface area contributed by atoms with Gasteiger partial charge in [0, 0.05) is 30.4 Å². The van der Waals surface area contributed by atoms with Gasteiger partial charge in [0.05, 0.1) is 22.2 Å². The number of rotatable bonds is 9. The maximum atomic E-state index is 12.5. The summed E-state index contributed by atoms with van der Waals surface area (Å²) in [5.41, 5.74) is 0.650. The summed E-state index contributed by atoms with van der Waals surface area (Å²) in [6, 6.07) is 5.83. The molecule has 1 N–H and O–H groups in total. The van der Waals surface area contributed by atoms with E-state index in [1.807, 2.05) is 6.07 Å². The monoisotopic (exact) mass is 496 g/mol. The maximum Gasteiger partial charge on any atom is 0.339 e. The van der Waals surface area contributed by atoms with Gasteiger partial charge in [0.1, 0.15) is 4.90 Å². The van der Waals surface area contributed by atoms with Gasteiger partial charge in [-0.2, -0.15) is 4.98 Å².